The number of carbonyl (C=O) groups excluding carboxylic acids is 2. The quantitative estimate of drug-likeness (QED) is 0.880. The maximum Gasteiger partial charge on any atom is 0.254 e. The summed E-state index contributed by atoms with van der Waals surface area (Å²) in [6.07, 6.45) is 1.45. The summed E-state index contributed by atoms with van der Waals surface area (Å²) in [6.45, 7) is 2.84. The fraction of sp³-hybridized carbons (Fsp3) is 0.500. The van der Waals surface area contributed by atoms with Gasteiger partial charge in [-0.15, -0.1) is 0 Å². The number of nitrogens with zero attached hydrogens (tertiary/aromatic N) is 1. The van der Waals surface area contributed by atoms with E-state index in [-0.39, 0.29) is 17.9 Å². The van der Waals surface area contributed by atoms with Gasteiger partial charge in [0.1, 0.15) is 6.04 Å². The minimum absolute atomic E-state index is 0.102. The van der Waals surface area contributed by atoms with Crippen LogP contribution in [0.15, 0.2) is 18.2 Å². The molecule has 0 aromatic heterocycles. The average Bonchev–Trinajstić information content (AvgIpc) is 2.99. The number of likely N-dealkylation sites (tertiary alicyclic amines) is 1. The first-order valence-corrected chi connectivity index (χ1v) is 8.25. The number of nitrogens with one attached hydrogen (secondary N) is 1. The van der Waals surface area contributed by atoms with Gasteiger partial charge in [0.15, 0.2) is 0 Å². The molecule has 7 heteroatoms. The molecule has 2 unspecified atom stereocenters. The number of carbonyl (C=O) groups is 2. The highest BCUT2D eigenvalue weighted by Gasteiger charge is 2.35. The Morgan fingerprint density at radius 2 is 2.13 bits per heavy atom. The first-order chi connectivity index (χ1) is 10.9. The highest BCUT2D eigenvalue weighted by atomic mass is 35.5. The molecular formula is C16H20Cl2N2O3. The number of hydrogen-bond acceptors (Lipinski definition) is 3. The molecule has 2 amide bonds. The average molecular weight is 359 g/mol. The topological polar surface area (TPSA) is 58.6 Å². The second-order valence-corrected chi connectivity index (χ2v) is 6.46. The SMILES string of the molecule is COCC(C)NC(=O)C1CCCN1C(=O)c1ccc(Cl)c(Cl)c1. The molecular weight excluding hydrogens is 339 g/mol. The summed E-state index contributed by atoms with van der Waals surface area (Å²) in [4.78, 5) is 26.6. The van der Waals surface area contributed by atoms with Crippen molar-refractivity contribution in [2.75, 3.05) is 20.3 Å². The van der Waals surface area contributed by atoms with E-state index in [1.54, 1.807) is 24.1 Å². The zero-order valence-corrected chi connectivity index (χ0v) is 14.7. The third-order valence-corrected chi connectivity index (χ3v) is 4.53. The van der Waals surface area contributed by atoms with Crippen LogP contribution in [0.3, 0.4) is 0 Å². The van der Waals surface area contributed by atoms with Gasteiger partial charge in [0.05, 0.1) is 16.7 Å². The standard InChI is InChI=1S/C16H20Cl2N2O3/c1-10(9-23-2)19-15(21)14-4-3-7-20(14)16(22)11-5-6-12(17)13(18)8-11/h5-6,8,10,14H,3-4,7,9H2,1-2H3,(H,19,21). The van der Waals surface area contributed by atoms with Crippen molar-refractivity contribution in [2.24, 2.45) is 0 Å². The Morgan fingerprint density at radius 3 is 2.78 bits per heavy atom. The molecule has 0 aliphatic carbocycles. The lowest BCUT2D eigenvalue weighted by molar-refractivity contribution is -0.125. The molecule has 1 aromatic carbocycles. The lowest BCUT2D eigenvalue weighted by atomic mass is 10.1. The van der Waals surface area contributed by atoms with Crippen LogP contribution in [-0.4, -0.2) is 49.1 Å². The summed E-state index contributed by atoms with van der Waals surface area (Å²) in [6, 6.07) is 4.18. The highest BCUT2D eigenvalue weighted by Crippen LogP contribution is 2.26. The Hall–Kier alpha value is -1.30. The van der Waals surface area contributed by atoms with Crippen LogP contribution >= 0.6 is 23.2 Å². The van der Waals surface area contributed by atoms with Gasteiger partial charge >= 0.3 is 0 Å². The molecule has 126 valence electrons. The van der Waals surface area contributed by atoms with Crippen molar-refractivity contribution >= 4 is 35.0 Å². The molecule has 2 atom stereocenters. The van der Waals surface area contributed by atoms with Crippen molar-refractivity contribution in [3.63, 3.8) is 0 Å². The van der Waals surface area contributed by atoms with Gasteiger partial charge < -0.3 is 15.0 Å². The van der Waals surface area contributed by atoms with E-state index < -0.39 is 6.04 Å². The third-order valence-electron chi connectivity index (χ3n) is 3.79. The van der Waals surface area contributed by atoms with E-state index in [4.69, 9.17) is 27.9 Å². The second-order valence-electron chi connectivity index (χ2n) is 5.65. The van der Waals surface area contributed by atoms with Gasteiger partial charge in [-0.05, 0) is 38.0 Å². The summed E-state index contributed by atoms with van der Waals surface area (Å²) in [5, 5.41) is 3.60. The lowest BCUT2D eigenvalue weighted by Crippen LogP contribution is -2.49. The summed E-state index contributed by atoms with van der Waals surface area (Å²) < 4.78 is 5.01. The Labute approximate surface area is 145 Å². The van der Waals surface area contributed by atoms with Gasteiger partial charge in [0, 0.05) is 25.3 Å². The molecule has 1 N–H and O–H groups in total. The molecule has 1 aliphatic rings. The van der Waals surface area contributed by atoms with E-state index in [1.165, 1.54) is 6.07 Å². The summed E-state index contributed by atoms with van der Waals surface area (Å²) in [5.41, 5.74) is 0.434. The molecule has 0 bridgehead atoms. The molecule has 0 spiro atoms. The minimum Gasteiger partial charge on any atom is -0.383 e. The summed E-state index contributed by atoms with van der Waals surface area (Å²) in [5.74, 6) is -0.360. The van der Waals surface area contributed by atoms with Gasteiger partial charge in [-0.25, -0.2) is 0 Å². The van der Waals surface area contributed by atoms with Crippen LogP contribution in [0.4, 0.5) is 0 Å². The molecule has 0 saturated carbocycles. The van der Waals surface area contributed by atoms with Gasteiger partial charge in [-0.3, -0.25) is 9.59 Å². The van der Waals surface area contributed by atoms with Gasteiger partial charge in [-0.2, -0.15) is 0 Å². The van der Waals surface area contributed by atoms with Crippen LogP contribution in [0.5, 0.6) is 0 Å². The number of methoxy groups -OCH3 is 1. The van der Waals surface area contributed by atoms with E-state index in [9.17, 15) is 9.59 Å². The maximum absolute atomic E-state index is 12.7. The van der Waals surface area contributed by atoms with Crippen LogP contribution in [0.1, 0.15) is 30.1 Å². The van der Waals surface area contributed by atoms with Crippen molar-refractivity contribution in [1.29, 1.82) is 0 Å². The summed E-state index contributed by atoms with van der Waals surface area (Å²) >= 11 is 11.8. The lowest BCUT2D eigenvalue weighted by Gasteiger charge is -2.25. The molecule has 0 radical (unpaired) electrons. The van der Waals surface area contributed by atoms with E-state index in [1.807, 2.05) is 6.92 Å². The highest BCUT2D eigenvalue weighted by molar-refractivity contribution is 6.42. The van der Waals surface area contributed by atoms with Crippen molar-refractivity contribution < 1.29 is 14.3 Å². The molecule has 2 rings (SSSR count). The van der Waals surface area contributed by atoms with Crippen LogP contribution in [0.25, 0.3) is 0 Å². The first-order valence-electron chi connectivity index (χ1n) is 7.49. The van der Waals surface area contributed by atoms with Crippen molar-refractivity contribution in [1.82, 2.24) is 10.2 Å². The number of halogens is 2. The molecule has 1 heterocycles. The summed E-state index contributed by atoms with van der Waals surface area (Å²) in [7, 11) is 1.58. The predicted molar refractivity (Wildman–Crippen MR) is 90.0 cm³/mol. The van der Waals surface area contributed by atoms with Crippen molar-refractivity contribution in [3.8, 4) is 0 Å². The minimum atomic E-state index is -0.462. The van der Waals surface area contributed by atoms with Gasteiger partial charge in [-0.1, -0.05) is 23.2 Å². The Kier molecular flexibility index (Phi) is 6.27. The fourth-order valence-corrected chi connectivity index (χ4v) is 3.01. The number of amides is 2. The van der Waals surface area contributed by atoms with E-state index >= 15 is 0 Å². The zero-order chi connectivity index (χ0) is 17.0. The smallest absolute Gasteiger partial charge is 0.254 e. The second kappa shape index (κ2) is 7.99. The van der Waals surface area contributed by atoms with Crippen LogP contribution < -0.4 is 5.32 Å². The monoisotopic (exact) mass is 358 g/mol. The van der Waals surface area contributed by atoms with Crippen molar-refractivity contribution in [2.45, 2.75) is 31.8 Å². The van der Waals surface area contributed by atoms with Gasteiger partial charge in [0.2, 0.25) is 5.91 Å². The largest absolute Gasteiger partial charge is 0.383 e. The third kappa shape index (κ3) is 4.37. The molecule has 1 saturated heterocycles. The molecule has 1 aromatic rings. The van der Waals surface area contributed by atoms with Crippen LogP contribution in [0, 0.1) is 0 Å². The van der Waals surface area contributed by atoms with E-state index in [2.05, 4.69) is 5.32 Å². The van der Waals surface area contributed by atoms with Crippen LogP contribution in [0.2, 0.25) is 10.0 Å². The Morgan fingerprint density at radius 1 is 1.39 bits per heavy atom. The number of rotatable bonds is 5. The molecule has 1 aliphatic heterocycles. The molecule has 1 fully saturated rings. The number of benzene rings is 1. The fourth-order valence-electron chi connectivity index (χ4n) is 2.71. The van der Waals surface area contributed by atoms with Gasteiger partial charge in [0.25, 0.3) is 5.91 Å². The van der Waals surface area contributed by atoms with E-state index in [0.717, 1.165) is 6.42 Å². The molecule has 23 heavy (non-hydrogen) atoms. The predicted octanol–water partition coefficient (Wildman–Crippen LogP) is 2.75. The van der Waals surface area contributed by atoms with Crippen molar-refractivity contribution in [3.05, 3.63) is 33.8 Å². The number of ether oxygens (including phenoxy) is 1. The zero-order valence-electron chi connectivity index (χ0n) is 13.1. The normalized spacial score (nSPS) is 18.8. The van der Waals surface area contributed by atoms with Crippen LogP contribution in [-0.2, 0) is 9.53 Å². The Bertz CT molecular complexity index is 595. The maximum atomic E-state index is 12.7. The number of hydrogen-bond donors (Lipinski definition) is 1. The van der Waals surface area contributed by atoms with E-state index in [0.29, 0.717) is 35.2 Å². The first kappa shape index (κ1) is 18.0. The Balaban J connectivity index is 2.09. The molecule has 5 nitrogen and oxygen atoms in total.